The molecule has 1 aliphatic heterocycles. The molecule has 0 fully saturated rings. The standard InChI is InChI=1S/C16H12N2O3/c1-18(13-5-2-11(9-17)3-6-13)16(19)12-4-7-14-15(8-12)21-10-20-14/h2-8H,10H2,1H3. The Morgan fingerprint density at radius 1 is 1.14 bits per heavy atom. The number of benzene rings is 2. The van der Waals surface area contributed by atoms with Gasteiger partial charge < -0.3 is 14.4 Å². The van der Waals surface area contributed by atoms with Crippen molar-refractivity contribution >= 4 is 11.6 Å². The number of rotatable bonds is 2. The number of amides is 1. The third kappa shape index (κ3) is 2.39. The van der Waals surface area contributed by atoms with E-state index in [4.69, 9.17) is 14.7 Å². The Kier molecular flexibility index (Phi) is 3.20. The third-order valence-corrected chi connectivity index (χ3v) is 3.31. The number of hydrogen-bond donors (Lipinski definition) is 0. The molecule has 0 radical (unpaired) electrons. The van der Waals surface area contributed by atoms with Gasteiger partial charge in [-0.3, -0.25) is 4.79 Å². The van der Waals surface area contributed by atoms with Gasteiger partial charge in [0.1, 0.15) is 0 Å². The molecule has 0 N–H and O–H groups in total. The molecule has 1 amide bonds. The summed E-state index contributed by atoms with van der Waals surface area (Å²) in [5.41, 5.74) is 1.80. The lowest BCUT2D eigenvalue weighted by atomic mass is 10.1. The van der Waals surface area contributed by atoms with E-state index in [2.05, 4.69) is 0 Å². The first-order valence-corrected chi connectivity index (χ1v) is 6.37. The van der Waals surface area contributed by atoms with Crippen molar-refractivity contribution in [3.05, 3.63) is 53.6 Å². The molecule has 0 aromatic heterocycles. The molecule has 0 saturated carbocycles. The van der Waals surface area contributed by atoms with Crippen molar-refractivity contribution in [2.75, 3.05) is 18.7 Å². The Morgan fingerprint density at radius 3 is 2.57 bits per heavy atom. The second-order valence-corrected chi connectivity index (χ2v) is 4.59. The van der Waals surface area contributed by atoms with E-state index in [-0.39, 0.29) is 12.7 Å². The molecule has 0 atom stereocenters. The van der Waals surface area contributed by atoms with Crippen LogP contribution in [0.15, 0.2) is 42.5 Å². The van der Waals surface area contributed by atoms with E-state index in [9.17, 15) is 4.79 Å². The summed E-state index contributed by atoms with van der Waals surface area (Å²) in [5, 5.41) is 8.79. The summed E-state index contributed by atoms with van der Waals surface area (Å²) in [6, 6.07) is 14.0. The van der Waals surface area contributed by atoms with Gasteiger partial charge in [-0.2, -0.15) is 5.26 Å². The first-order chi connectivity index (χ1) is 10.2. The van der Waals surface area contributed by atoms with Crippen LogP contribution in [0.25, 0.3) is 0 Å². The van der Waals surface area contributed by atoms with Crippen molar-refractivity contribution in [1.29, 1.82) is 5.26 Å². The number of nitrogens with zero attached hydrogens (tertiary/aromatic N) is 2. The average molecular weight is 280 g/mol. The Labute approximate surface area is 121 Å². The number of anilines is 1. The van der Waals surface area contributed by atoms with E-state index in [0.717, 1.165) is 5.69 Å². The summed E-state index contributed by atoms with van der Waals surface area (Å²) in [5.74, 6) is 1.07. The maximum atomic E-state index is 12.5. The van der Waals surface area contributed by atoms with Crippen molar-refractivity contribution in [3.63, 3.8) is 0 Å². The summed E-state index contributed by atoms with van der Waals surface area (Å²) in [4.78, 5) is 14.0. The van der Waals surface area contributed by atoms with Crippen molar-refractivity contribution in [2.45, 2.75) is 0 Å². The first-order valence-electron chi connectivity index (χ1n) is 6.37. The third-order valence-electron chi connectivity index (χ3n) is 3.31. The van der Waals surface area contributed by atoms with Gasteiger partial charge in [-0.15, -0.1) is 0 Å². The predicted molar refractivity (Wildman–Crippen MR) is 76.5 cm³/mol. The van der Waals surface area contributed by atoms with E-state index in [1.54, 1.807) is 49.5 Å². The fourth-order valence-corrected chi connectivity index (χ4v) is 2.10. The topological polar surface area (TPSA) is 62.6 Å². The molecular weight excluding hydrogens is 268 g/mol. The van der Waals surface area contributed by atoms with Gasteiger partial charge in [-0.05, 0) is 42.5 Å². The molecule has 5 nitrogen and oxygen atoms in total. The molecule has 3 rings (SSSR count). The van der Waals surface area contributed by atoms with Crippen LogP contribution in [0.4, 0.5) is 5.69 Å². The highest BCUT2D eigenvalue weighted by Crippen LogP contribution is 2.33. The molecule has 1 aliphatic rings. The maximum Gasteiger partial charge on any atom is 0.258 e. The van der Waals surface area contributed by atoms with Gasteiger partial charge in [-0.1, -0.05) is 0 Å². The predicted octanol–water partition coefficient (Wildman–Crippen LogP) is 2.56. The van der Waals surface area contributed by atoms with Crippen molar-refractivity contribution in [2.24, 2.45) is 0 Å². The van der Waals surface area contributed by atoms with Crippen LogP contribution in [0.3, 0.4) is 0 Å². The van der Waals surface area contributed by atoms with E-state index in [0.29, 0.717) is 22.6 Å². The highest BCUT2D eigenvalue weighted by molar-refractivity contribution is 6.06. The summed E-state index contributed by atoms with van der Waals surface area (Å²) < 4.78 is 10.5. The molecule has 1 heterocycles. The molecular formula is C16H12N2O3. The van der Waals surface area contributed by atoms with E-state index in [1.807, 2.05) is 6.07 Å². The van der Waals surface area contributed by atoms with Crippen LogP contribution in [0.2, 0.25) is 0 Å². The summed E-state index contributed by atoms with van der Waals surface area (Å²) >= 11 is 0. The number of ether oxygens (including phenoxy) is 2. The van der Waals surface area contributed by atoms with Crippen LogP contribution >= 0.6 is 0 Å². The minimum atomic E-state index is -0.155. The SMILES string of the molecule is CN(C(=O)c1ccc2c(c1)OCO2)c1ccc(C#N)cc1. The lowest BCUT2D eigenvalue weighted by Crippen LogP contribution is -2.26. The second kappa shape index (κ2) is 5.17. The van der Waals surface area contributed by atoms with Crippen molar-refractivity contribution < 1.29 is 14.3 Å². The number of hydrogen-bond acceptors (Lipinski definition) is 4. The summed E-state index contributed by atoms with van der Waals surface area (Å²) in [6.45, 7) is 0.179. The van der Waals surface area contributed by atoms with Gasteiger partial charge in [0.15, 0.2) is 11.5 Å². The minimum Gasteiger partial charge on any atom is -0.454 e. The van der Waals surface area contributed by atoms with Crippen LogP contribution in [0.1, 0.15) is 15.9 Å². The van der Waals surface area contributed by atoms with E-state index in [1.165, 1.54) is 4.90 Å². The average Bonchev–Trinajstić information content (AvgIpc) is 3.01. The Morgan fingerprint density at radius 2 is 1.86 bits per heavy atom. The van der Waals surface area contributed by atoms with Gasteiger partial charge in [0.05, 0.1) is 11.6 Å². The summed E-state index contributed by atoms with van der Waals surface area (Å²) in [7, 11) is 1.69. The Hall–Kier alpha value is -3.00. The lowest BCUT2D eigenvalue weighted by molar-refractivity contribution is 0.0992. The molecule has 0 bridgehead atoms. The molecule has 0 aliphatic carbocycles. The van der Waals surface area contributed by atoms with Crippen LogP contribution in [-0.4, -0.2) is 19.7 Å². The van der Waals surface area contributed by atoms with Crippen LogP contribution < -0.4 is 14.4 Å². The Bertz CT molecular complexity index is 732. The maximum absolute atomic E-state index is 12.5. The fourth-order valence-electron chi connectivity index (χ4n) is 2.10. The molecule has 2 aromatic carbocycles. The zero-order chi connectivity index (χ0) is 14.8. The van der Waals surface area contributed by atoms with Gasteiger partial charge in [0, 0.05) is 18.3 Å². The molecule has 0 spiro atoms. The van der Waals surface area contributed by atoms with Crippen LogP contribution in [0.5, 0.6) is 11.5 Å². The van der Waals surface area contributed by atoms with Crippen molar-refractivity contribution in [1.82, 2.24) is 0 Å². The number of carbonyl (C=O) groups is 1. The van der Waals surface area contributed by atoms with Gasteiger partial charge >= 0.3 is 0 Å². The smallest absolute Gasteiger partial charge is 0.258 e. The minimum absolute atomic E-state index is 0.155. The highest BCUT2D eigenvalue weighted by atomic mass is 16.7. The highest BCUT2D eigenvalue weighted by Gasteiger charge is 2.19. The van der Waals surface area contributed by atoms with Crippen molar-refractivity contribution in [3.8, 4) is 17.6 Å². The van der Waals surface area contributed by atoms with E-state index < -0.39 is 0 Å². The molecule has 2 aromatic rings. The van der Waals surface area contributed by atoms with Gasteiger partial charge in [0.2, 0.25) is 6.79 Å². The second-order valence-electron chi connectivity index (χ2n) is 4.59. The monoisotopic (exact) mass is 280 g/mol. The fraction of sp³-hybridized carbons (Fsp3) is 0.125. The normalized spacial score (nSPS) is 11.8. The zero-order valence-electron chi connectivity index (χ0n) is 11.4. The van der Waals surface area contributed by atoms with Crippen LogP contribution in [0, 0.1) is 11.3 Å². The largest absolute Gasteiger partial charge is 0.454 e. The number of nitriles is 1. The van der Waals surface area contributed by atoms with E-state index >= 15 is 0 Å². The lowest BCUT2D eigenvalue weighted by Gasteiger charge is -2.17. The molecule has 0 saturated heterocycles. The number of fused-ring (bicyclic) bond motifs is 1. The molecule has 21 heavy (non-hydrogen) atoms. The molecule has 0 unspecified atom stereocenters. The van der Waals surface area contributed by atoms with Gasteiger partial charge in [0.25, 0.3) is 5.91 Å². The molecule has 5 heteroatoms. The van der Waals surface area contributed by atoms with Crippen LogP contribution in [-0.2, 0) is 0 Å². The van der Waals surface area contributed by atoms with Gasteiger partial charge in [-0.25, -0.2) is 0 Å². The summed E-state index contributed by atoms with van der Waals surface area (Å²) in [6.07, 6.45) is 0. The first kappa shape index (κ1) is 13.0. The zero-order valence-corrected chi connectivity index (χ0v) is 11.4. The quantitative estimate of drug-likeness (QED) is 0.848. The Balaban J connectivity index is 1.85. The number of carbonyl (C=O) groups excluding carboxylic acids is 1. The molecule has 104 valence electrons.